The lowest BCUT2D eigenvalue weighted by Crippen LogP contribution is -2.15. The van der Waals surface area contributed by atoms with Gasteiger partial charge in [0.25, 0.3) is 0 Å². The summed E-state index contributed by atoms with van der Waals surface area (Å²) in [6.45, 7) is 4.68. The van der Waals surface area contributed by atoms with E-state index < -0.39 is 0 Å². The van der Waals surface area contributed by atoms with Gasteiger partial charge in [0.15, 0.2) is 0 Å². The van der Waals surface area contributed by atoms with Crippen LogP contribution in [0.3, 0.4) is 0 Å². The van der Waals surface area contributed by atoms with Crippen LogP contribution in [0, 0.1) is 0 Å². The molecule has 0 bridgehead atoms. The van der Waals surface area contributed by atoms with Crippen LogP contribution in [0.25, 0.3) is 76.9 Å². The highest BCUT2D eigenvalue weighted by molar-refractivity contribution is 6.15. The maximum absolute atomic E-state index is 6.42. The molecule has 0 fully saturated rings. The van der Waals surface area contributed by atoms with E-state index in [-0.39, 0.29) is 5.41 Å². The molecule has 0 amide bonds. The Kier molecular flexibility index (Phi) is 6.93. The van der Waals surface area contributed by atoms with Crippen molar-refractivity contribution in [2.75, 3.05) is 4.90 Å². The summed E-state index contributed by atoms with van der Waals surface area (Å²) in [4.78, 5) is 2.39. The predicted octanol–water partition coefficient (Wildman–Crippen LogP) is 15.0. The van der Waals surface area contributed by atoms with Gasteiger partial charge in [-0.1, -0.05) is 141 Å². The van der Waals surface area contributed by atoms with E-state index in [0.29, 0.717) is 0 Å². The van der Waals surface area contributed by atoms with Crippen LogP contribution in [0.1, 0.15) is 25.0 Å². The Balaban J connectivity index is 1.01. The molecule has 1 aromatic heterocycles. The number of furan rings is 1. The van der Waals surface area contributed by atoms with Gasteiger partial charge >= 0.3 is 0 Å². The summed E-state index contributed by atoms with van der Waals surface area (Å²) in [6.07, 6.45) is 0. The number of para-hydroxylation sites is 1. The van der Waals surface area contributed by atoms with Crippen molar-refractivity contribution in [3.8, 4) is 33.4 Å². The minimum Gasteiger partial charge on any atom is -0.455 e. The molecule has 11 rings (SSSR count). The number of rotatable bonds is 5. The highest BCUT2D eigenvalue weighted by atomic mass is 16.3. The topological polar surface area (TPSA) is 16.4 Å². The Bertz CT molecular complexity index is 3110. The lowest BCUT2D eigenvalue weighted by atomic mass is 9.82. The standard InChI is InChI=1S/C53H37NO/c1-53(2)49-13-7-5-11-44(49)48-33-43(28-30-50(48)53)54(41-24-19-35(20-25-41)39-17-15-34-9-3-4-10-38(34)31-39)42-26-21-36(22-27-42)40-18-16-37-23-29-46-45-12-6-8-14-51(45)55-52(46)47(37)32-40/h3-33H,1-2H3. The molecule has 2 heteroatoms. The highest BCUT2D eigenvalue weighted by Crippen LogP contribution is 2.50. The molecule has 0 atom stereocenters. The molecular formula is C53H37NO. The highest BCUT2D eigenvalue weighted by Gasteiger charge is 2.35. The summed E-state index contributed by atoms with van der Waals surface area (Å²) in [5.74, 6) is 0. The van der Waals surface area contributed by atoms with Gasteiger partial charge in [-0.3, -0.25) is 0 Å². The second kappa shape index (κ2) is 12.1. The largest absolute Gasteiger partial charge is 0.455 e. The van der Waals surface area contributed by atoms with Gasteiger partial charge < -0.3 is 9.32 Å². The van der Waals surface area contributed by atoms with Gasteiger partial charge in [-0.05, 0) is 121 Å². The fourth-order valence-corrected chi connectivity index (χ4v) is 8.95. The summed E-state index contributed by atoms with van der Waals surface area (Å²) in [6, 6.07) is 68.5. The fraction of sp³-hybridized carbons (Fsp3) is 0.0566. The van der Waals surface area contributed by atoms with Crippen LogP contribution in [-0.4, -0.2) is 0 Å². The average Bonchev–Trinajstić information content (AvgIpc) is 3.73. The monoisotopic (exact) mass is 703 g/mol. The molecule has 55 heavy (non-hydrogen) atoms. The third-order valence-corrected chi connectivity index (χ3v) is 11.9. The molecular weight excluding hydrogens is 667 g/mol. The summed E-state index contributed by atoms with van der Waals surface area (Å²) >= 11 is 0. The molecule has 0 N–H and O–H groups in total. The van der Waals surface area contributed by atoms with Crippen molar-refractivity contribution in [1.82, 2.24) is 0 Å². The van der Waals surface area contributed by atoms with Gasteiger partial charge in [-0.25, -0.2) is 0 Å². The smallest absolute Gasteiger partial charge is 0.143 e. The first-order valence-electron chi connectivity index (χ1n) is 19.1. The molecule has 10 aromatic rings. The molecule has 1 aliphatic carbocycles. The number of hydrogen-bond acceptors (Lipinski definition) is 2. The average molecular weight is 704 g/mol. The lowest BCUT2D eigenvalue weighted by Gasteiger charge is -2.27. The number of nitrogens with zero attached hydrogens (tertiary/aromatic N) is 1. The zero-order chi connectivity index (χ0) is 36.7. The normalized spacial score (nSPS) is 13.1. The molecule has 1 aliphatic rings. The van der Waals surface area contributed by atoms with Crippen LogP contribution in [-0.2, 0) is 5.41 Å². The second-order valence-corrected chi connectivity index (χ2v) is 15.4. The van der Waals surface area contributed by atoms with E-state index in [1.165, 1.54) is 49.5 Å². The minimum atomic E-state index is -0.0494. The molecule has 0 saturated heterocycles. The SMILES string of the molecule is CC1(C)c2ccccc2-c2cc(N(c3ccc(-c4ccc5ccccc5c4)cc3)c3ccc(-c4ccc5ccc6c7ccccc7oc6c5c4)cc3)ccc21. The van der Waals surface area contributed by atoms with Gasteiger partial charge in [-0.15, -0.1) is 0 Å². The molecule has 9 aromatic carbocycles. The van der Waals surface area contributed by atoms with Gasteiger partial charge in [0.05, 0.1) is 0 Å². The molecule has 0 radical (unpaired) electrons. The predicted molar refractivity (Wildman–Crippen MR) is 232 cm³/mol. The quantitative estimate of drug-likeness (QED) is 0.177. The Morgan fingerprint density at radius 1 is 0.382 bits per heavy atom. The third-order valence-electron chi connectivity index (χ3n) is 11.9. The van der Waals surface area contributed by atoms with Crippen LogP contribution in [0.15, 0.2) is 192 Å². The molecule has 0 saturated carbocycles. The number of fused-ring (bicyclic) bond motifs is 9. The Labute approximate surface area is 320 Å². The van der Waals surface area contributed by atoms with Crippen LogP contribution >= 0.6 is 0 Å². The van der Waals surface area contributed by atoms with Crippen molar-refractivity contribution in [3.05, 3.63) is 199 Å². The van der Waals surface area contributed by atoms with Crippen LogP contribution in [0.4, 0.5) is 17.1 Å². The van der Waals surface area contributed by atoms with Crippen LogP contribution < -0.4 is 4.90 Å². The maximum Gasteiger partial charge on any atom is 0.143 e. The first kappa shape index (κ1) is 31.6. The lowest BCUT2D eigenvalue weighted by molar-refractivity contribution is 0.660. The van der Waals surface area contributed by atoms with Gasteiger partial charge in [0.1, 0.15) is 11.2 Å². The van der Waals surface area contributed by atoms with E-state index in [2.05, 4.69) is 195 Å². The molecule has 0 aliphatic heterocycles. The van der Waals surface area contributed by atoms with Crippen molar-refractivity contribution in [3.63, 3.8) is 0 Å². The van der Waals surface area contributed by atoms with E-state index in [9.17, 15) is 0 Å². The number of benzene rings is 9. The van der Waals surface area contributed by atoms with Crippen molar-refractivity contribution >= 4 is 60.5 Å². The Morgan fingerprint density at radius 3 is 1.75 bits per heavy atom. The van der Waals surface area contributed by atoms with E-state index in [1.54, 1.807) is 0 Å². The fourth-order valence-electron chi connectivity index (χ4n) is 8.95. The summed E-state index contributed by atoms with van der Waals surface area (Å²) < 4.78 is 6.42. The Morgan fingerprint density at radius 2 is 0.964 bits per heavy atom. The van der Waals surface area contributed by atoms with E-state index in [4.69, 9.17) is 4.42 Å². The molecule has 1 heterocycles. The van der Waals surface area contributed by atoms with Gasteiger partial charge in [0.2, 0.25) is 0 Å². The molecule has 0 unspecified atom stereocenters. The number of hydrogen-bond donors (Lipinski definition) is 0. The zero-order valence-electron chi connectivity index (χ0n) is 30.8. The van der Waals surface area contributed by atoms with E-state index in [1.807, 2.05) is 12.1 Å². The first-order valence-corrected chi connectivity index (χ1v) is 19.1. The third kappa shape index (κ3) is 5.02. The summed E-state index contributed by atoms with van der Waals surface area (Å²) in [5.41, 5.74) is 15.3. The first-order chi connectivity index (χ1) is 27.0. The second-order valence-electron chi connectivity index (χ2n) is 15.4. The number of anilines is 3. The van der Waals surface area contributed by atoms with Crippen LogP contribution in [0.5, 0.6) is 0 Å². The van der Waals surface area contributed by atoms with Crippen molar-refractivity contribution in [1.29, 1.82) is 0 Å². The molecule has 0 spiro atoms. The summed E-state index contributed by atoms with van der Waals surface area (Å²) in [7, 11) is 0. The zero-order valence-corrected chi connectivity index (χ0v) is 30.8. The van der Waals surface area contributed by atoms with E-state index >= 15 is 0 Å². The van der Waals surface area contributed by atoms with Crippen molar-refractivity contribution < 1.29 is 4.42 Å². The minimum absolute atomic E-state index is 0.0494. The summed E-state index contributed by atoms with van der Waals surface area (Å²) in [5, 5.41) is 7.11. The molecule has 2 nitrogen and oxygen atoms in total. The van der Waals surface area contributed by atoms with E-state index in [0.717, 1.165) is 55.5 Å². The Hall–Kier alpha value is -6.90. The van der Waals surface area contributed by atoms with Crippen molar-refractivity contribution in [2.45, 2.75) is 19.3 Å². The molecule has 260 valence electrons. The van der Waals surface area contributed by atoms with Gasteiger partial charge in [-0.2, -0.15) is 0 Å². The van der Waals surface area contributed by atoms with Crippen LogP contribution in [0.2, 0.25) is 0 Å². The van der Waals surface area contributed by atoms with Crippen molar-refractivity contribution in [2.24, 2.45) is 0 Å². The maximum atomic E-state index is 6.42. The van der Waals surface area contributed by atoms with Gasteiger partial charge in [0, 0.05) is 38.6 Å².